The molecule has 0 bridgehead atoms. The van der Waals surface area contributed by atoms with E-state index < -0.39 is 12.6 Å². The smallest absolute Gasteiger partial charge is 0.387 e. The van der Waals surface area contributed by atoms with Crippen molar-refractivity contribution >= 4 is 17.5 Å². The summed E-state index contributed by atoms with van der Waals surface area (Å²) in [5.74, 6) is 0.914. The molecule has 138 valence electrons. The highest BCUT2D eigenvalue weighted by Gasteiger charge is 2.10. The van der Waals surface area contributed by atoms with Gasteiger partial charge in [0.05, 0.1) is 0 Å². The van der Waals surface area contributed by atoms with E-state index in [0.717, 1.165) is 30.9 Å². The fourth-order valence-corrected chi connectivity index (χ4v) is 2.74. The summed E-state index contributed by atoms with van der Waals surface area (Å²) in [6, 6.07) is 9.46. The Kier molecular flexibility index (Phi) is 5.83. The van der Waals surface area contributed by atoms with Gasteiger partial charge < -0.3 is 20.7 Å². The monoisotopic (exact) mass is 362 g/mol. The Balaban J connectivity index is 1.47. The second-order valence-electron chi connectivity index (χ2n) is 5.88. The number of hydrogen-bond acceptors (Lipinski definition) is 4. The minimum atomic E-state index is -2.90. The fraction of sp³-hybridized carbons (Fsp3) is 0.333. The number of nitrogens with zero attached hydrogens (tertiary/aromatic N) is 1. The van der Waals surface area contributed by atoms with Crippen molar-refractivity contribution in [1.82, 2.24) is 10.3 Å². The van der Waals surface area contributed by atoms with Gasteiger partial charge in [-0.2, -0.15) is 8.78 Å². The fourth-order valence-electron chi connectivity index (χ4n) is 2.74. The first-order valence-electron chi connectivity index (χ1n) is 8.42. The Morgan fingerprint density at radius 3 is 3.04 bits per heavy atom. The van der Waals surface area contributed by atoms with E-state index in [9.17, 15) is 13.6 Å². The third kappa shape index (κ3) is 5.05. The zero-order chi connectivity index (χ0) is 18.4. The highest BCUT2D eigenvalue weighted by atomic mass is 19.3. The summed E-state index contributed by atoms with van der Waals surface area (Å²) < 4.78 is 28.7. The first kappa shape index (κ1) is 17.9. The van der Waals surface area contributed by atoms with Crippen LogP contribution in [-0.2, 0) is 12.8 Å². The standard InChI is InChI=1S/C18H20F2N4O2/c19-17(20)26-15-5-1-4-14(11-15)24-18(25)22-10-8-13-7-6-12-3-2-9-21-16(12)23-13/h1,4-7,11,17H,2-3,8-10H2,(H,21,23)(H2,22,24,25). The van der Waals surface area contributed by atoms with Gasteiger partial charge in [-0.15, -0.1) is 0 Å². The Bertz CT molecular complexity index is 771. The minimum Gasteiger partial charge on any atom is -0.435 e. The third-order valence-corrected chi connectivity index (χ3v) is 3.94. The molecule has 3 rings (SSSR count). The number of halogens is 2. The molecule has 2 amide bonds. The molecule has 1 aliphatic rings. The lowest BCUT2D eigenvalue weighted by Gasteiger charge is -2.17. The van der Waals surface area contributed by atoms with Gasteiger partial charge in [0.2, 0.25) is 0 Å². The maximum atomic E-state index is 12.2. The van der Waals surface area contributed by atoms with Crippen LogP contribution in [0, 0.1) is 0 Å². The zero-order valence-electron chi connectivity index (χ0n) is 14.1. The number of aromatic nitrogens is 1. The molecule has 0 unspecified atom stereocenters. The molecule has 2 aromatic rings. The van der Waals surface area contributed by atoms with Crippen LogP contribution in [0.1, 0.15) is 17.7 Å². The van der Waals surface area contributed by atoms with Crippen molar-refractivity contribution in [1.29, 1.82) is 0 Å². The number of benzene rings is 1. The molecular formula is C18H20F2N4O2. The molecule has 1 aliphatic heterocycles. The largest absolute Gasteiger partial charge is 0.435 e. The number of hydrogen-bond donors (Lipinski definition) is 3. The number of carbonyl (C=O) groups excluding carboxylic acids is 1. The van der Waals surface area contributed by atoms with Crippen molar-refractivity contribution in [2.75, 3.05) is 23.7 Å². The third-order valence-electron chi connectivity index (χ3n) is 3.94. The quantitative estimate of drug-likeness (QED) is 0.736. The van der Waals surface area contributed by atoms with Crippen molar-refractivity contribution < 1.29 is 18.3 Å². The van der Waals surface area contributed by atoms with Crippen LogP contribution >= 0.6 is 0 Å². The molecule has 3 N–H and O–H groups in total. The molecule has 0 radical (unpaired) electrons. The molecule has 0 aliphatic carbocycles. The van der Waals surface area contributed by atoms with Gasteiger partial charge in [0, 0.05) is 37.0 Å². The van der Waals surface area contributed by atoms with Crippen molar-refractivity contribution in [3.63, 3.8) is 0 Å². The van der Waals surface area contributed by atoms with E-state index in [0.29, 0.717) is 18.7 Å². The number of aryl methyl sites for hydroxylation is 1. The average Bonchev–Trinajstić information content (AvgIpc) is 2.61. The number of pyridine rings is 1. The maximum absolute atomic E-state index is 12.2. The predicted octanol–water partition coefficient (Wildman–Crippen LogP) is 3.41. The van der Waals surface area contributed by atoms with Crippen molar-refractivity contribution in [2.45, 2.75) is 25.9 Å². The summed E-state index contributed by atoms with van der Waals surface area (Å²) in [6.45, 7) is -1.57. The Morgan fingerprint density at radius 2 is 2.19 bits per heavy atom. The first-order valence-corrected chi connectivity index (χ1v) is 8.42. The van der Waals surface area contributed by atoms with Crippen molar-refractivity contribution in [2.24, 2.45) is 0 Å². The zero-order valence-corrected chi connectivity index (χ0v) is 14.1. The molecule has 0 spiro atoms. The van der Waals surface area contributed by atoms with Crippen LogP contribution in [-0.4, -0.2) is 30.7 Å². The van der Waals surface area contributed by atoms with Gasteiger partial charge in [-0.25, -0.2) is 9.78 Å². The first-order chi connectivity index (χ1) is 12.6. The summed E-state index contributed by atoms with van der Waals surface area (Å²) in [6.07, 6.45) is 2.74. The van der Waals surface area contributed by atoms with E-state index in [1.165, 1.54) is 23.8 Å². The number of carbonyl (C=O) groups is 1. The van der Waals surface area contributed by atoms with Crippen LogP contribution in [0.2, 0.25) is 0 Å². The summed E-state index contributed by atoms with van der Waals surface area (Å²) in [4.78, 5) is 16.5. The summed E-state index contributed by atoms with van der Waals surface area (Å²) in [5, 5.41) is 8.58. The number of urea groups is 1. The normalized spacial score (nSPS) is 12.9. The summed E-state index contributed by atoms with van der Waals surface area (Å²) in [7, 11) is 0. The Morgan fingerprint density at radius 1 is 1.31 bits per heavy atom. The van der Waals surface area contributed by atoms with E-state index in [4.69, 9.17) is 0 Å². The van der Waals surface area contributed by atoms with Crippen molar-refractivity contribution in [3.8, 4) is 5.75 Å². The molecule has 6 nitrogen and oxygen atoms in total. The van der Waals surface area contributed by atoms with Gasteiger partial charge >= 0.3 is 12.6 Å². The SMILES string of the molecule is O=C(NCCc1ccc2c(n1)NCCC2)Nc1cccc(OC(F)F)c1. The van der Waals surface area contributed by atoms with Gasteiger partial charge in [0.15, 0.2) is 0 Å². The molecule has 26 heavy (non-hydrogen) atoms. The molecule has 0 atom stereocenters. The van der Waals surface area contributed by atoms with Gasteiger partial charge in [-0.3, -0.25) is 0 Å². The van der Waals surface area contributed by atoms with Gasteiger partial charge in [0.1, 0.15) is 11.6 Å². The van der Waals surface area contributed by atoms with Crippen LogP contribution in [0.3, 0.4) is 0 Å². The van der Waals surface area contributed by atoms with E-state index in [1.54, 1.807) is 6.07 Å². The molecular weight excluding hydrogens is 342 g/mol. The van der Waals surface area contributed by atoms with Gasteiger partial charge in [-0.1, -0.05) is 12.1 Å². The Labute approximate surface area is 150 Å². The van der Waals surface area contributed by atoms with Crippen LogP contribution in [0.15, 0.2) is 36.4 Å². The number of nitrogens with one attached hydrogen (secondary N) is 3. The highest BCUT2D eigenvalue weighted by Crippen LogP contribution is 2.20. The lowest BCUT2D eigenvalue weighted by molar-refractivity contribution is -0.0497. The molecule has 0 fully saturated rings. The van der Waals surface area contributed by atoms with Crippen LogP contribution < -0.4 is 20.7 Å². The summed E-state index contributed by atoms with van der Waals surface area (Å²) >= 11 is 0. The predicted molar refractivity (Wildman–Crippen MR) is 94.8 cm³/mol. The maximum Gasteiger partial charge on any atom is 0.387 e. The second kappa shape index (κ2) is 8.46. The number of amides is 2. The Hall–Kier alpha value is -2.90. The summed E-state index contributed by atoms with van der Waals surface area (Å²) in [5.41, 5.74) is 2.49. The molecule has 0 saturated carbocycles. The lowest BCUT2D eigenvalue weighted by Crippen LogP contribution is -2.30. The van der Waals surface area contributed by atoms with Gasteiger partial charge in [-0.05, 0) is 36.6 Å². The number of rotatable bonds is 6. The van der Waals surface area contributed by atoms with E-state index in [-0.39, 0.29) is 5.75 Å². The van der Waals surface area contributed by atoms with E-state index in [1.807, 2.05) is 6.07 Å². The number of ether oxygens (including phenoxy) is 1. The highest BCUT2D eigenvalue weighted by molar-refractivity contribution is 5.89. The number of alkyl halides is 2. The van der Waals surface area contributed by atoms with Crippen molar-refractivity contribution in [3.05, 3.63) is 47.7 Å². The van der Waals surface area contributed by atoms with Gasteiger partial charge in [0.25, 0.3) is 0 Å². The van der Waals surface area contributed by atoms with Crippen LogP contribution in [0.5, 0.6) is 5.75 Å². The average molecular weight is 362 g/mol. The molecule has 2 heterocycles. The molecule has 0 saturated heterocycles. The molecule has 1 aromatic heterocycles. The van der Waals surface area contributed by atoms with Crippen LogP contribution in [0.25, 0.3) is 0 Å². The number of anilines is 2. The minimum absolute atomic E-state index is 0.0106. The second-order valence-corrected chi connectivity index (χ2v) is 5.88. The lowest BCUT2D eigenvalue weighted by atomic mass is 10.1. The topological polar surface area (TPSA) is 75.3 Å². The van der Waals surface area contributed by atoms with Crippen LogP contribution in [0.4, 0.5) is 25.1 Å². The molecule has 1 aromatic carbocycles. The van der Waals surface area contributed by atoms with E-state index in [2.05, 4.69) is 31.7 Å². The van der Waals surface area contributed by atoms with E-state index >= 15 is 0 Å². The number of fused-ring (bicyclic) bond motifs is 1. The molecule has 8 heteroatoms.